The first-order chi connectivity index (χ1) is 12.0. The van der Waals surface area contributed by atoms with E-state index in [4.69, 9.17) is 0 Å². The fourth-order valence-electron chi connectivity index (χ4n) is 2.85. The molecule has 6 nitrogen and oxygen atoms in total. The van der Waals surface area contributed by atoms with Gasteiger partial charge in [0.05, 0.1) is 6.54 Å². The Kier molecular flexibility index (Phi) is 4.79. The number of carbonyl (C=O) groups excluding carboxylic acids is 1. The molecule has 0 saturated heterocycles. The van der Waals surface area contributed by atoms with E-state index in [0.717, 1.165) is 16.8 Å². The third kappa shape index (κ3) is 3.85. The summed E-state index contributed by atoms with van der Waals surface area (Å²) in [5.74, 6) is -0.368. The molecule has 0 bridgehead atoms. The smallest absolute Gasteiger partial charge is 0.261 e. The highest BCUT2D eigenvalue weighted by Crippen LogP contribution is 2.11. The van der Waals surface area contributed by atoms with Crippen LogP contribution in [0.3, 0.4) is 0 Å². The van der Waals surface area contributed by atoms with Crippen molar-refractivity contribution in [1.82, 2.24) is 20.1 Å². The minimum atomic E-state index is -0.368. The van der Waals surface area contributed by atoms with Gasteiger partial charge in [0.2, 0.25) is 0 Å². The molecule has 0 spiro atoms. The summed E-state index contributed by atoms with van der Waals surface area (Å²) in [5, 5.41) is 7.06. The summed E-state index contributed by atoms with van der Waals surface area (Å²) in [6.45, 7) is 4.54. The zero-order valence-electron chi connectivity index (χ0n) is 14.2. The SMILES string of the molecule is Cc1cc(C)c(C(=O)NCc2ccccc2Cn2cccn2)c(=O)[nH]1. The number of carbonyl (C=O) groups is 1. The number of rotatable bonds is 5. The van der Waals surface area contributed by atoms with Crippen LogP contribution >= 0.6 is 0 Å². The molecule has 0 fully saturated rings. The van der Waals surface area contributed by atoms with Crippen LogP contribution in [-0.2, 0) is 13.1 Å². The van der Waals surface area contributed by atoms with Crippen LogP contribution < -0.4 is 10.9 Å². The van der Waals surface area contributed by atoms with Gasteiger partial charge in [-0.25, -0.2) is 0 Å². The van der Waals surface area contributed by atoms with Crippen LogP contribution in [0.5, 0.6) is 0 Å². The van der Waals surface area contributed by atoms with Gasteiger partial charge in [-0.05, 0) is 42.7 Å². The molecular formula is C19H20N4O2. The average Bonchev–Trinajstić information content (AvgIpc) is 3.06. The van der Waals surface area contributed by atoms with Crippen molar-refractivity contribution in [2.24, 2.45) is 0 Å². The molecule has 25 heavy (non-hydrogen) atoms. The van der Waals surface area contributed by atoms with E-state index >= 15 is 0 Å². The maximum Gasteiger partial charge on any atom is 0.261 e. The summed E-state index contributed by atoms with van der Waals surface area (Å²) in [5.41, 5.74) is 3.27. The van der Waals surface area contributed by atoms with Crippen LogP contribution in [0.2, 0.25) is 0 Å². The molecule has 128 valence electrons. The summed E-state index contributed by atoms with van der Waals surface area (Å²) in [7, 11) is 0. The molecule has 2 heterocycles. The first-order valence-electron chi connectivity index (χ1n) is 8.07. The Labute approximate surface area is 145 Å². The highest BCUT2D eigenvalue weighted by Gasteiger charge is 2.14. The highest BCUT2D eigenvalue weighted by atomic mass is 16.2. The molecule has 0 aliphatic rings. The molecule has 0 aliphatic carbocycles. The Hall–Kier alpha value is -3.15. The van der Waals surface area contributed by atoms with Crippen molar-refractivity contribution in [3.63, 3.8) is 0 Å². The molecule has 6 heteroatoms. The number of hydrogen-bond donors (Lipinski definition) is 2. The second-order valence-electron chi connectivity index (χ2n) is 5.99. The molecule has 0 aliphatic heterocycles. The van der Waals surface area contributed by atoms with Gasteiger partial charge < -0.3 is 10.3 Å². The lowest BCUT2D eigenvalue weighted by Gasteiger charge is -2.12. The Morgan fingerprint density at radius 1 is 1.20 bits per heavy atom. The van der Waals surface area contributed by atoms with E-state index in [1.807, 2.05) is 41.2 Å². The monoisotopic (exact) mass is 336 g/mol. The number of H-pyrrole nitrogens is 1. The quantitative estimate of drug-likeness (QED) is 0.749. The van der Waals surface area contributed by atoms with E-state index in [-0.39, 0.29) is 17.0 Å². The van der Waals surface area contributed by atoms with Gasteiger partial charge >= 0.3 is 0 Å². The summed E-state index contributed by atoms with van der Waals surface area (Å²) in [6, 6.07) is 11.5. The number of nitrogens with zero attached hydrogens (tertiary/aromatic N) is 2. The van der Waals surface area contributed by atoms with Crippen LogP contribution in [0.15, 0.2) is 53.6 Å². The maximum atomic E-state index is 12.5. The van der Waals surface area contributed by atoms with E-state index < -0.39 is 0 Å². The standard InChI is InChI=1S/C19H20N4O2/c1-13-10-14(2)22-19(25)17(13)18(24)20-11-15-6-3-4-7-16(15)12-23-9-5-8-21-23/h3-10H,11-12H2,1-2H3,(H,20,24)(H,22,25). The second-order valence-corrected chi connectivity index (χ2v) is 5.99. The summed E-state index contributed by atoms with van der Waals surface area (Å²) in [4.78, 5) is 27.2. The van der Waals surface area contributed by atoms with Crippen molar-refractivity contribution in [3.05, 3.63) is 87.1 Å². The third-order valence-corrected chi connectivity index (χ3v) is 4.04. The fraction of sp³-hybridized carbons (Fsp3) is 0.211. The molecule has 0 atom stereocenters. The molecule has 0 radical (unpaired) electrons. The lowest BCUT2D eigenvalue weighted by molar-refractivity contribution is 0.0948. The molecule has 0 saturated carbocycles. The summed E-state index contributed by atoms with van der Waals surface area (Å²) >= 11 is 0. The molecule has 1 aromatic carbocycles. The van der Waals surface area contributed by atoms with E-state index in [2.05, 4.69) is 15.4 Å². The number of benzene rings is 1. The van der Waals surface area contributed by atoms with E-state index in [0.29, 0.717) is 18.7 Å². The predicted molar refractivity (Wildman–Crippen MR) is 95.5 cm³/mol. The van der Waals surface area contributed by atoms with E-state index in [1.54, 1.807) is 26.1 Å². The highest BCUT2D eigenvalue weighted by molar-refractivity contribution is 5.95. The number of aryl methyl sites for hydroxylation is 2. The van der Waals surface area contributed by atoms with Crippen molar-refractivity contribution >= 4 is 5.91 Å². The van der Waals surface area contributed by atoms with Crippen LogP contribution in [0, 0.1) is 13.8 Å². The number of nitrogens with one attached hydrogen (secondary N) is 2. The van der Waals surface area contributed by atoms with Gasteiger partial charge in [0.25, 0.3) is 11.5 Å². The number of aromatic nitrogens is 3. The average molecular weight is 336 g/mol. The largest absolute Gasteiger partial charge is 0.348 e. The number of aromatic amines is 1. The topological polar surface area (TPSA) is 79.8 Å². The van der Waals surface area contributed by atoms with Crippen molar-refractivity contribution in [2.75, 3.05) is 0 Å². The number of pyridine rings is 1. The number of amides is 1. The van der Waals surface area contributed by atoms with Gasteiger partial charge in [-0.1, -0.05) is 24.3 Å². The van der Waals surface area contributed by atoms with Crippen LogP contribution in [-0.4, -0.2) is 20.7 Å². The Bertz CT molecular complexity index is 942. The van der Waals surface area contributed by atoms with Crippen molar-refractivity contribution in [3.8, 4) is 0 Å². The van der Waals surface area contributed by atoms with Crippen molar-refractivity contribution in [1.29, 1.82) is 0 Å². The summed E-state index contributed by atoms with van der Waals surface area (Å²) in [6.07, 6.45) is 3.63. The predicted octanol–water partition coefficient (Wildman–Crippen LogP) is 2.17. The van der Waals surface area contributed by atoms with E-state index in [1.165, 1.54) is 0 Å². The second kappa shape index (κ2) is 7.17. The van der Waals surface area contributed by atoms with Crippen LogP contribution in [0.1, 0.15) is 32.7 Å². The molecule has 2 aromatic heterocycles. The van der Waals surface area contributed by atoms with E-state index in [9.17, 15) is 9.59 Å². The minimum absolute atomic E-state index is 0.162. The molecule has 3 rings (SSSR count). The summed E-state index contributed by atoms with van der Waals surface area (Å²) < 4.78 is 1.83. The Balaban J connectivity index is 1.76. The molecule has 2 N–H and O–H groups in total. The molecular weight excluding hydrogens is 316 g/mol. The van der Waals surface area contributed by atoms with Gasteiger partial charge in [0.1, 0.15) is 5.56 Å². The Morgan fingerprint density at radius 3 is 2.64 bits per heavy atom. The van der Waals surface area contributed by atoms with Gasteiger partial charge in [-0.3, -0.25) is 14.3 Å². The third-order valence-electron chi connectivity index (χ3n) is 4.04. The van der Waals surface area contributed by atoms with Gasteiger partial charge in [0, 0.05) is 24.6 Å². The lowest BCUT2D eigenvalue weighted by atomic mass is 10.1. The number of hydrogen-bond acceptors (Lipinski definition) is 3. The minimum Gasteiger partial charge on any atom is -0.348 e. The molecule has 1 amide bonds. The fourth-order valence-corrected chi connectivity index (χ4v) is 2.85. The van der Waals surface area contributed by atoms with Crippen LogP contribution in [0.4, 0.5) is 0 Å². The zero-order valence-corrected chi connectivity index (χ0v) is 14.2. The van der Waals surface area contributed by atoms with Crippen LogP contribution in [0.25, 0.3) is 0 Å². The van der Waals surface area contributed by atoms with Crippen molar-refractivity contribution < 1.29 is 4.79 Å². The first kappa shape index (κ1) is 16.7. The first-order valence-corrected chi connectivity index (χ1v) is 8.07. The van der Waals surface area contributed by atoms with Gasteiger partial charge in [-0.2, -0.15) is 5.10 Å². The van der Waals surface area contributed by atoms with Gasteiger partial charge in [-0.15, -0.1) is 0 Å². The molecule has 0 unspecified atom stereocenters. The molecule has 3 aromatic rings. The normalized spacial score (nSPS) is 10.6. The van der Waals surface area contributed by atoms with Crippen molar-refractivity contribution in [2.45, 2.75) is 26.9 Å². The van der Waals surface area contributed by atoms with Gasteiger partial charge in [0.15, 0.2) is 0 Å². The zero-order chi connectivity index (χ0) is 17.8. The Morgan fingerprint density at radius 2 is 1.96 bits per heavy atom. The lowest BCUT2D eigenvalue weighted by Crippen LogP contribution is -2.31. The maximum absolute atomic E-state index is 12.5.